The molecule has 0 saturated heterocycles. The zero-order valence-electron chi connectivity index (χ0n) is 12.4. The third-order valence-electron chi connectivity index (χ3n) is 2.58. The molecule has 21 heavy (non-hydrogen) atoms. The van der Waals surface area contributed by atoms with Gasteiger partial charge in [-0.25, -0.2) is 8.42 Å². The molecule has 0 aliphatic carbocycles. The lowest BCUT2D eigenvalue weighted by molar-refractivity contribution is -0.883. The van der Waals surface area contributed by atoms with Crippen molar-refractivity contribution in [2.24, 2.45) is 0 Å². The zero-order chi connectivity index (χ0) is 16.3. The summed E-state index contributed by atoms with van der Waals surface area (Å²) >= 11 is 3.51. The van der Waals surface area contributed by atoms with Crippen molar-refractivity contribution < 1.29 is 21.6 Å². The van der Waals surface area contributed by atoms with E-state index in [9.17, 15) is 13.0 Å². The Morgan fingerprint density at radius 2 is 1.90 bits per heavy atom. The molecule has 1 N–H and O–H groups in total. The molecule has 2 aromatic rings. The van der Waals surface area contributed by atoms with Gasteiger partial charge in [0.15, 0.2) is 0 Å². The van der Waals surface area contributed by atoms with E-state index >= 15 is 0 Å². The van der Waals surface area contributed by atoms with Crippen molar-refractivity contribution in [3.8, 4) is 0 Å². The fraction of sp³-hybridized carbons (Fsp3) is 0.385. The molecule has 8 heteroatoms. The number of aromatic amines is 1. The molecule has 1 heterocycles. The minimum Gasteiger partial charge on any atom is -0.726 e. The number of nitrogens with zero attached hydrogens (tertiary/aromatic N) is 1. The Bertz CT molecular complexity index is 705. The zero-order valence-corrected chi connectivity index (χ0v) is 14.8. The van der Waals surface area contributed by atoms with E-state index in [2.05, 4.69) is 70.6 Å². The maximum absolute atomic E-state index is 9.22. The summed E-state index contributed by atoms with van der Waals surface area (Å²) in [4.78, 5) is 3.31. The van der Waals surface area contributed by atoms with E-state index in [1.165, 1.54) is 16.5 Å². The first kappa shape index (κ1) is 18.1. The van der Waals surface area contributed by atoms with Gasteiger partial charge in [-0.3, -0.25) is 4.18 Å². The highest BCUT2D eigenvalue weighted by molar-refractivity contribution is 9.10. The van der Waals surface area contributed by atoms with Crippen molar-refractivity contribution in [3.05, 3.63) is 34.4 Å². The molecule has 0 saturated carbocycles. The molecule has 0 aliphatic heterocycles. The highest BCUT2D eigenvalue weighted by Gasteiger charge is 2.12. The fourth-order valence-electron chi connectivity index (χ4n) is 1.79. The van der Waals surface area contributed by atoms with Crippen LogP contribution in [0.25, 0.3) is 10.9 Å². The molecule has 0 atom stereocenters. The van der Waals surface area contributed by atoms with Crippen LogP contribution in [0.4, 0.5) is 0 Å². The van der Waals surface area contributed by atoms with Crippen LogP contribution in [-0.4, -0.2) is 50.7 Å². The molecule has 0 radical (unpaired) electrons. The van der Waals surface area contributed by atoms with E-state index in [0.29, 0.717) is 0 Å². The van der Waals surface area contributed by atoms with Crippen LogP contribution in [-0.2, 0) is 21.1 Å². The summed E-state index contributed by atoms with van der Waals surface area (Å²) in [6.07, 6.45) is 2.11. The Morgan fingerprint density at radius 1 is 1.33 bits per heavy atom. The average Bonchev–Trinajstić information content (AvgIpc) is 2.70. The molecule has 2 rings (SSSR count). The molecule has 0 fully saturated rings. The quantitative estimate of drug-likeness (QED) is 0.504. The lowest BCUT2D eigenvalue weighted by Gasteiger charge is -2.23. The molecule has 1 aromatic heterocycles. The van der Waals surface area contributed by atoms with E-state index in [-0.39, 0.29) is 0 Å². The molecular formula is C13H19BrN2O4S. The monoisotopic (exact) mass is 378 g/mol. The van der Waals surface area contributed by atoms with Crippen molar-refractivity contribution >= 4 is 37.2 Å². The van der Waals surface area contributed by atoms with Crippen molar-refractivity contribution in [2.45, 2.75) is 6.54 Å². The molecule has 0 spiro atoms. The van der Waals surface area contributed by atoms with Crippen LogP contribution in [0.2, 0.25) is 0 Å². The second-order valence-corrected chi connectivity index (χ2v) is 7.59. The number of rotatable bonds is 3. The second-order valence-electron chi connectivity index (χ2n) is 5.53. The van der Waals surface area contributed by atoms with Crippen LogP contribution in [0.1, 0.15) is 5.56 Å². The minimum atomic E-state index is -4.41. The highest BCUT2D eigenvalue weighted by Crippen LogP contribution is 2.24. The van der Waals surface area contributed by atoms with E-state index in [1.807, 2.05) is 0 Å². The Labute approximate surface area is 133 Å². The Morgan fingerprint density at radius 3 is 2.38 bits per heavy atom. The molecule has 6 nitrogen and oxygen atoms in total. The Hall–Kier alpha value is -0.930. The number of H-pyrrole nitrogens is 1. The van der Waals surface area contributed by atoms with Gasteiger partial charge in [0.1, 0.15) is 6.54 Å². The molecular weight excluding hydrogens is 360 g/mol. The summed E-state index contributed by atoms with van der Waals surface area (Å²) in [5.74, 6) is 0. The summed E-state index contributed by atoms with van der Waals surface area (Å²) in [5, 5.41) is 1.32. The molecule has 1 aromatic carbocycles. The first-order chi connectivity index (χ1) is 9.52. The van der Waals surface area contributed by atoms with Crippen LogP contribution >= 0.6 is 15.9 Å². The summed E-state index contributed by atoms with van der Waals surface area (Å²) in [5.41, 5.74) is 2.58. The van der Waals surface area contributed by atoms with E-state index in [1.54, 1.807) is 0 Å². The predicted molar refractivity (Wildman–Crippen MR) is 84.4 cm³/mol. The van der Waals surface area contributed by atoms with Gasteiger partial charge >= 0.3 is 0 Å². The van der Waals surface area contributed by atoms with Gasteiger partial charge in [-0.2, -0.15) is 0 Å². The number of hydrogen-bond donors (Lipinski definition) is 1. The number of nitrogens with one attached hydrogen (secondary N) is 1. The number of aromatic nitrogens is 1. The highest BCUT2D eigenvalue weighted by atomic mass is 79.9. The van der Waals surface area contributed by atoms with E-state index < -0.39 is 10.4 Å². The SMILES string of the molecule is COS(=O)(=O)[O-].C[N+](C)(C)Cc1c[nH]c2ccc(Br)cc12. The smallest absolute Gasteiger partial charge is 0.217 e. The average molecular weight is 379 g/mol. The molecule has 0 unspecified atom stereocenters. The minimum absolute atomic E-state index is 0.808. The number of fused-ring (bicyclic) bond motifs is 1. The van der Waals surface area contributed by atoms with Crippen molar-refractivity contribution in [1.29, 1.82) is 0 Å². The lowest BCUT2D eigenvalue weighted by atomic mass is 10.1. The first-order valence-electron chi connectivity index (χ1n) is 6.09. The van der Waals surface area contributed by atoms with Gasteiger partial charge in [0.05, 0.1) is 28.3 Å². The molecule has 0 bridgehead atoms. The maximum Gasteiger partial charge on any atom is 0.217 e. The number of benzene rings is 1. The van der Waals surface area contributed by atoms with E-state index in [4.69, 9.17) is 0 Å². The van der Waals surface area contributed by atoms with Gasteiger partial charge in [0, 0.05) is 27.1 Å². The summed E-state index contributed by atoms with van der Waals surface area (Å²) in [7, 11) is 3.01. The number of halogens is 1. The number of quaternary nitrogens is 1. The summed E-state index contributed by atoms with van der Waals surface area (Å²) in [6, 6.07) is 6.35. The third-order valence-corrected chi connectivity index (χ3v) is 3.48. The van der Waals surface area contributed by atoms with Gasteiger partial charge in [0.2, 0.25) is 10.4 Å². The largest absolute Gasteiger partial charge is 0.726 e. The lowest BCUT2D eigenvalue weighted by Crippen LogP contribution is -2.33. The van der Waals surface area contributed by atoms with Crippen LogP contribution < -0.4 is 0 Å². The van der Waals surface area contributed by atoms with Crippen LogP contribution in [0.3, 0.4) is 0 Å². The summed E-state index contributed by atoms with van der Waals surface area (Å²) < 4.78 is 33.1. The standard InChI is InChI=1S/C12H16BrN2.CH4O4S/c1-15(2,3)8-9-7-14-12-5-4-10(13)6-11(9)12;1-5-6(2,3)4/h4-7,14H,8H2,1-3H3;1H3,(H,2,3,4)/q+1;/p-1. The second kappa shape index (κ2) is 6.89. The molecule has 0 aliphatic rings. The maximum atomic E-state index is 9.22. The van der Waals surface area contributed by atoms with Crippen molar-refractivity contribution in [2.75, 3.05) is 28.3 Å². The van der Waals surface area contributed by atoms with Crippen LogP contribution in [0, 0.1) is 0 Å². The van der Waals surface area contributed by atoms with Crippen LogP contribution in [0.5, 0.6) is 0 Å². The van der Waals surface area contributed by atoms with Gasteiger partial charge in [-0.05, 0) is 18.2 Å². The van der Waals surface area contributed by atoms with Crippen molar-refractivity contribution in [3.63, 3.8) is 0 Å². The van der Waals surface area contributed by atoms with Gasteiger partial charge in [-0.1, -0.05) is 15.9 Å². The first-order valence-corrected chi connectivity index (χ1v) is 8.22. The van der Waals surface area contributed by atoms with Gasteiger partial charge in [0.25, 0.3) is 0 Å². The molecule has 118 valence electrons. The Balaban J connectivity index is 0.000000315. The third kappa shape index (κ3) is 6.58. The van der Waals surface area contributed by atoms with Crippen molar-refractivity contribution in [1.82, 2.24) is 4.98 Å². The van der Waals surface area contributed by atoms with Gasteiger partial charge < -0.3 is 14.0 Å². The van der Waals surface area contributed by atoms with Crippen LogP contribution in [0.15, 0.2) is 28.9 Å². The predicted octanol–water partition coefficient (Wildman–Crippen LogP) is 2.23. The van der Waals surface area contributed by atoms with E-state index in [0.717, 1.165) is 22.6 Å². The normalized spacial score (nSPS) is 12.1. The number of hydrogen-bond acceptors (Lipinski definition) is 4. The Kier molecular flexibility index (Phi) is 5.94. The molecule has 0 amide bonds. The fourth-order valence-corrected chi connectivity index (χ4v) is 2.15. The topological polar surface area (TPSA) is 82.2 Å². The summed E-state index contributed by atoms with van der Waals surface area (Å²) in [6.45, 7) is 1.04. The van der Waals surface area contributed by atoms with Gasteiger partial charge in [-0.15, -0.1) is 0 Å².